The minimum atomic E-state index is -1.22. The predicted octanol–water partition coefficient (Wildman–Crippen LogP) is 4.24. The number of ether oxygens (including phenoxy) is 3. The zero-order valence-electron chi connectivity index (χ0n) is 25.5. The Bertz CT molecular complexity index is 1480. The first-order chi connectivity index (χ1) is 21.3. The van der Waals surface area contributed by atoms with Gasteiger partial charge in [-0.2, -0.15) is 0 Å². The summed E-state index contributed by atoms with van der Waals surface area (Å²) in [6, 6.07) is 24.2. The van der Waals surface area contributed by atoms with Crippen molar-refractivity contribution in [2.45, 2.75) is 57.8 Å². The van der Waals surface area contributed by atoms with Gasteiger partial charge in [-0.05, 0) is 57.2 Å². The summed E-state index contributed by atoms with van der Waals surface area (Å²) in [5.41, 5.74) is 1.52. The zero-order valence-corrected chi connectivity index (χ0v) is 25.5. The molecule has 0 aliphatic carbocycles. The Morgan fingerprint density at radius 3 is 2.25 bits per heavy atom. The summed E-state index contributed by atoms with van der Waals surface area (Å²) in [6.45, 7) is 8.41. The fraction of sp³-hybridized carbons (Fsp3) is 0.424. The van der Waals surface area contributed by atoms with Gasteiger partial charge in [0.1, 0.15) is 11.6 Å². The van der Waals surface area contributed by atoms with Gasteiger partial charge in [-0.25, -0.2) is 9.78 Å². The Morgan fingerprint density at radius 2 is 1.61 bits per heavy atom. The molecule has 3 heterocycles. The van der Waals surface area contributed by atoms with Gasteiger partial charge in [0.2, 0.25) is 11.7 Å². The number of fused-ring (bicyclic) bond motifs is 1. The van der Waals surface area contributed by atoms with Crippen LogP contribution >= 0.6 is 0 Å². The molecule has 5 rings (SSSR count). The highest BCUT2D eigenvalue weighted by atomic mass is 16.5. The Morgan fingerprint density at radius 1 is 0.955 bits per heavy atom. The van der Waals surface area contributed by atoms with E-state index in [0.29, 0.717) is 18.1 Å². The number of nitrogens with zero attached hydrogens (tertiary/aromatic N) is 5. The quantitative estimate of drug-likeness (QED) is 0.178. The van der Waals surface area contributed by atoms with E-state index >= 15 is 0 Å². The SMILES string of the molecule is CCOC(=O)C(C)(C)NC(=O)c1nc2ccc(OCCCN3CCC(OC(c4ccccc4)c4ccccc4)CC3)nn2n1. The fourth-order valence-corrected chi connectivity index (χ4v) is 5.17. The number of carbonyl (C=O) groups excluding carboxylic acids is 2. The van der Waals surface area contributed by atoms with Crippen LogP contribution in [-0.2, 0) is 14.3 Å². The van der Waals surface area contributed by atoms with E-state index in [-0.39, 0.29) is 24.6 Å². The van der Waals surface area contributed by atoms with Gasteiger partial charge in [-0.15, -0.1) is 14.8 Å². The lowest BCUT2D eigenvalue weighted by atomic mass is 10.00. The lowest BCUT2D eigenvalue weighted by molar-refractivity contribution is -0.149. The molecule has 0 spiro atoms. The van der Waals surface area contributed by atoms with Crippen LogP contribution in [0.4, 0.5) is 0 Å². The predicted molar refractivity (Wildman–Crippen MR) is 164 cm³/mol. The number of rotatable bonds is 13. The molecule has 44 heavy (non-hydrogen) atoms. The second-order valence-electron chi connectivity index (χ2n) is 11.3. The second-order valence-corrected chi connectivity index (χ2v) is 11.3. The molecule has 0 atom stereocenters. The third kappa shape index (κ3) is 7.97. The van der Waals surface area contributed by atoms with Crippen molar-refractivity contribution >= 4 is 17.5 Å². The molecule has 1 fully saturated rings. The standard InChI is InChI=1S/C33H40N6O5/c1-4-42-32(41)33(2,3)35-31(40)30-34-27-16-17-28(36-39(27)37-30)43-23-11-20-38-21-18-26(19-22-38)44-29(24-12-7-5-8-13-24)25-14-9-6-10-15-25/h5-10,12-17,26,29H,4,11,18-23H2,1-3H3,(H,35,40). The van der Waals surface area contributed by atoms with E-state index in [9.17, 15) is 9.59 Å². The van der Waals surface area contributed by atoms with Crippen molar-refractivity contribution in [3.8, 4) is 5.88 Å². The number of nitrogens with one attached hydrogen (secondary N) is 1. The van der Waals surface area contributed by atoms with Gasteiger partial charge in [0.05, 0.1) is 19.3 Å². The molecular weight excluding hydrogens is 560 g/mol. The van der Waals surface area contributed by atoms with Crippen molar-refractivity contribution in [3.05, 3.63) is 89.7 Å². The summed E-state index contributed by atoms with van der Waals surface area (Å²) in [5.74, 6) is -0.844. The summed E-state index contributed by atoms with van der Waals surface area (Å²) in [6.07, 6.45) is 2.94. The molecule has 4 aromatic rings. The molecule has 1 aliphatic heterocycles. The van der Waals surface area contributed by atoms with Gasteiger partial charge in [0.15, 0.2) is 5.65 Å². The van der Waals surface area contributed by atoms with Crippen LogP contribution < -0.4 is 10.1 Å². The average molecular weight is 601 g/mol. The Hall–Kier alpha value is -4.35. The Balaban J connectivity index is 1.07. The van der Waals surface area contributed by atoms with Gasteiger partial charge in [0, 0.05) is 25.7 Å². The summed E-state index contributed by atoms with van der Waals surface area (Å²) in [4.78, 5) is 31.4. The Kier molecular flexibility index (Phi) is 10.2. The maximum Gasteiger partial charge on any atom is 0.331 e. The number of amides is 1. The van der Waals surface area contributed by atoms with Gasteiger partial charge < -0.3 is 24.4 Å². The number of likely N-dealkylation sites (tertiary alicyclic amines) is 1. The summed E-state index contributed by atoms with van der Waals surface area (Å²) < 4.78 is 18.8. The van der Waals surface area contributed by atoms with Crippen LogP contribution in [0.3, 0.4) is 0 Å². The summed E-state index contributed by atoms with van der Waals surface area (Å²) >= 11 is 0. The van der Waals surface area contributed by atoms with Gasteiger partial charge in [0.25, 0.3) is 5.91 Å². The van der Waals surface area contributed by atoms with E-state index in [1.807, 2.05) is 12.1 Å². The van der Waals surface area contributed by atoms with Crippen LogP contribution in [-0.4, -0.2) is 81.1 Å². The number of hydrogen-bond donors (Lipinski definition) is 1. The van der Waals surface area contributed by atoms with Crippen molar-refractivity contribution in [2.75, 3.05) is 32.8 Å². The molecule has 11 heteroatoms. The van der Waals surface area contributed by atoms with Crippen LogP contribution in [0.2, 0.25) is 0 Å². The summed E-state index contributed by atoms with van der Waals surface area (Å²) in [7, 11) is 0. The zero-order chi connectivity index (χ0) is 30.9. The number of esters is 1. The number of piperidine rings is 1. The van der Waals surface area contributed by atoms with Crippen LogP contribution in [0, 0.1) is 0 Å². The molecule has 2 aromatic heterocycles. The van der Waals surface area contributed by atoms with E-state index in [2.05, 4.69) is 73.9 Å². The molecule has 1 aliphatic rings. The lowest BCUT2D eigenvalue weighted by Gasteiger charge is -2.34. The van der Waals surface area contributed by atoms with Gasteiger partial charge in [-0.3, -0.25) is 4.79 Å². The largest absolute Gasteiger partial charge is 0.477 e. The van der Waals surface area contributed by atoms with Crippen molar-refractivity contribution in [1.82, 2.24) is 30.0 Å². The van der Waals surface area contributed by atoms with E-state index in [1.165, 1.54) is 15.8 Å². The first-order valence-electron chi connectivity index (χ1n) is 15.2. The molecule has 11 nitrogen and oxygen atoms in total. The number of hydrogen-bond acceptors (Lipinski definition) is 9. The molecule has 0 bridgehead atoms. The third-order valence-electron chi connectivity index (χ3n) is 7.53. The lowest BCUT2D eigenvalue weighted by Crippen LogP contribution is -2.50. The van der Waals surface area contributed by atoms with Crippen LogP contribution in [0.25, 0.3) is 5.65 Å². The normalized spacial score (nSPS) is 14.5. The first kappa shape index (κ1) is 31.1. The van der Waals surface area contributed by atoms with Crippen molar-refractivity contribution in [1.29, 1.82) is 0 Å². The second kappa shape index (κ2) is 14.4. The van der Waals surface area contributed by atoms with E-state index in [0.717, 1.165) is 38.9 Å². The molecule has 1 N–H and O–H groups in total. The Labute approximate surface area is 257 Å². The minimum Gasteiger partial charge on any atom is -0.477 e. The highest BCUT2D eigenvalue weighted by Gasteiger charge is 2.32. The molecule has 0 unspecified atom stereocenters. The molecule has 1 saturated heterocycles. The maximum absolute atomic E-state index is 12.7. The monoisotopic (exact) mass is 600 g/mol. The van der Waals surface area contributed by atoms with Crippen LogP contribution in [0.15, 0.2) is 72.8 Å². The molecule has 0 radical (unpaired) electrons. The fourth-order valence-electron chi connectivity index (χ4n) is 5.17. The highest BCUT2D eigenvalue weighted by Crippen LogP contribution is 2.30. The number of aromatic nitrogens is 4. The molecule has 0 saturated carbocycles. The smallest absolute Gasteiger partial charge is 0.331 e. The molecule has 2 aromatic carbocycles. The molecule has 1 amide bonds. The molecule has 232 valence electrons. The van der Waals surface area contributed by atoms with E-state index in [1.54, 1.807) is 32.9 Å². The van der Waals surface area contributed by atoms with E-state index < -0.39 is 17.4 Å². The van der Waals surface area contributed by atoms with Crippen LogP contribution in [0.1, 0.15) is 67.9 Å². The topological polar surface area (TPSA) is 120 Å². The highest BCUT2D eigenvalue weighted by molar-refractivity contribution is 5.95. The number of benzene rings is 2. The summed E-state index contributed by atoms with van der Waals surface area (Å²) in [5, 5.41) is 11.1. The van der Waals surface area contributed by atoms with Crippen LogP contribution in [0.5, 0.6) is 5.88 Å². The van der Waals surface area contributed by atoms with Crippen molar-refractivity contribution in [2.24, 2.45) is 0 Å². The molecular formula is C33H40N6O5. The minimum absolute atomic E-state index is 0.0703. The number of carbonyl (C=O) groups is 2. The third-order valence-corrected chi connectivity index (χ3v) is 7.53. The maximum atomic E-state index is 12.7. The van der Waals surface area contributed by atoms with Crippen molar-refractivity contribution in [3.63, 3.8) is 0 Å². The van der Waals surface area contributed by atoms with Gasteiger partial charge >= 0.3 is 5.97 Å². The van der Waals surface area contributed by atoms with Gasteiger partial charge in [-0.1, -0.05) is 60.7 Å². The van der Waals surface area contributed by atoms with Crippen molar-refractivity contribution < 1.29 is 23.8 Å². The average Bonchev–Trinajstić information content (AvgIpc) is 3.47. The first-order valence-corrected chi connectivity index (χ1v) is 15.2. The van der Waals surface area contributed by atoms with E-state index in [4.69, 9.17) is 14.2 Å².